The van der Waals surface area contributed by atoms with E-state index in [1.54, 1.807) is 0 Å². The second kappa shape index (κ2) is 3.91. The van der Waals surface area contributed by atoms with Crippen molar-refractivity contribution in [3.63, 3.8) is 0 Å². The number of aliphatic hydroxyl groups excluding tert-OH is 1. The molecule has 0 aliphatic carbocycles. The molecule has 0 fully saturated rings. The first-order valence-corrected chi connectivity index (χ1v) is 3.46. The van der Waals surface area contributed by atoms with E-state index in [1.807, 2.05) is 13.8 Å². The van der Waals surface area contributed by atoms with Crippen LogP contribution in [0.4, 0.5) is 0 Å². The van der Waals surface area contributed by atoms with Crippen LogP contribution in [0.2, 0.25) is 0 Å². The van der Waals surface area contributed by atoms with Gasteiger partial charge in [-0.3, -0.25) is 0 Å². The van der Waals surface area contributed by atoms with Gasteiger partial charge >= 0.3 is 0 Å². The lowest BCUT2D eigenvalue weighted by molar-refractivity contribution is 0.390. The second-order valence-electron chi connectivity index (χ2n) is 1.68. The Kier molecular flexibility index (Phi) is 3.90. The van der Waals surface area contributed by atoms with Gasteiger partial charge in [-0.25, -0.2) is 0 Å². The first-order chi connectivity index (χ1) is 3.72. The van der Waals surface area contributed by atoms with Crippen molar-refractivity contribution in [2.24, 2.45) is 0 Å². The number of aliphatic hydroxyl groups is 1. The molecule has 0 aliphatic heterocycles. The summed E-state index contributed by atoms with van der Waals surface area (Å²) >= 11 is 0. The Labute approximate surface area is 53.0 Å². The van der Waals surface area contributed by atoms with Gasteiger partial charge in [0.05, 0.1) is 5.76 Å². The zero-order valence-corrected chi connectivity index (χ0v) is 6.59. The van der Waals surface area contributed by atoms with Gasteiger partial charge in [0.25, 0.3) is 0 Å². The van der Waals surface area contributed by atoms with Gasteiger partial charge in [0.2, 0.25) is 0 Å². The zero-order valence-electron chi connectivity index (χ0n) is 5.44. The van der Waals surface area contributed by atoms with Gasteiger partial charge in [-0.1, -0.05) is 13.8 Å². The van der Waals surface area contributed by atoms with Crippen molar-refractivity contribution in [3.8, 4) is 0 Å². The molecule has 0 radical (unpaired) electrons. The Morgan fingerprint density at radius 3 is 2.00 bits per heavy atom. The van der Waals surface area contributed by atoms with Crippen LogP contribution in [-0.4, -0.2) is 5.11 Å². The van der Waals surface area contributed by atoms with Gasteiger partial charge in [0, 0.05) is 6.42 Å². The van der Waals surface area contributed by atoms with Crippen molar-refractivity contribution in [1.82, 2.24) is 0 Å². The average molecular weight is 132 g/mol. The van der Waals surface area contributed by atoms with Crippen LogP contribution in [0, 0.1) is 0 Å². The molecule has 1 unspecified atom stereocenters. The van der Waals surface area contributed by atoms with Gasteiger partial charge in [0.1, 0.15) is 0 Å². The molecule has 0 saturated carbocycles. The molecule has 0 aromatic heterocycles. The fourth-order valence-electron chi connectivity index (χ4n) is 0.431. The van der Waals surface area contributed by atoms with Gasteiger partial charge in [-0.2, -0.15) is 0 Å². The molecular weight excluding hydrogens is 119 g/mol. The first kappa shape index (κ1) is 7.97. The van der Waals surface area contributed by atoms with E-state index in [4.69, 9.17) is 5.11 Å². The van der Waals surface area contributed by atoms with Crippen molar-refractivity contribution in [3.05, 3.63) is 11.1 Å². The molecular formula is C6H13OP. The molecule has 1 N–H and O–H groups in total. The summed E-state index contributed by atoms with van der Waals surface area (Å²) in [5.74, 6) is 0.512. The van der Waals surface area contributed by atoms with E-state index in [-0.39, 0.29) is 0 Å². The molecule has 0 heterocycles. The van der Waals surface area contributed by atoms with Crippen LogP contribution in [0.5, 0.6) is 0 Å². The van der Waals surface area contributed by atoms with Crippen LogP contribution in [0.15, 0.2) is 11.1 Å². The minimum atomic E-state index is 0.512. The zero-order chi connectivity index (χ0) is 6.57. The molecule has 48 valence electrons. The fraction of sp³-hybridized carbons (Fsp3) is 0.667. The van der Waals surface area contributed by atoms with Crippen molar-refractivity contribution >= 4 is 9.24 Å². The van der Waals surface area contributed by atoms with Gasteiger partial charge in [-0.15, -0.1) is 9.24 Å². The summed E-state index contributed by atoms with van der Waals surface area (Å²) in [6.45, 7) is 3.96. The molecule has 0 aliphatic rings. The lowest BCUT2D eigenvalue weighted by Crippen LogP contribution is -1.79. The largest absolute Gasteiger partial charge is 0.512 e. The molecule has 0 rings (SSSR count). The Hall–Kier alpha value is -0.0300. The molecule has 1 atom stereocenters. The smallest absolute Gasteiger partial charge is 0.0950 e. The van der Waals surface area contributed by atoms with Gasteiger partial charge in [-0.05, 0) is 11.7 Å². The number of hydrogen-bond donors (Lipinski definition) is 1. The molecule has 8 heavy (non-hydrogen) atoms. The molecule has 0 bridgehead atoms. The maximum absolute atomic E-state index is 8.99. The van der Waals surface area contributed by atoms with Crippen molar-refractivity contribution in [2.75, 3.05) is 0 Å². The lowest BCUT2D eigenvalue weighted by Gasteiger charge is -1.97. The predicted molar refractivity (Wildman–Crippen MR) is 39.9 cm³/mol. The maximum atomic E-state index is 8.99. The van der Waals surface area contributed by atoms with E-state index in [0.717, 1.165) is 18.2 Å². The Bertz CT molecular complexity index is 84.7. The summed E-state index contributed by atoms with van der Waals surface area (Å²) in [6.07, 6.45) is 1.66. The topological polar surface area (TPSA) is 20.2 Å². The number of allylic oxidation sites excluding steroid dienone is 2. The highest BCUT2D eigenvalue weighted by Gasteiger charge is 1.91. The molecule has 0 aromatic carbocycles. The van der Waals surface area contributed by atoms with Crippen LogP contribution >= 0.6 is 9.24 Å². The summed E-state index contributed by atoms with van der Waals surface area (Å²) in [7, 11) is 2.52. The van der Waals surface area contributed by atoms with E-state index in [9.17, 15) is 0 Å². The van der Waals surface area contributed by atoms with Crippen molar-refractivity contribution in [2.45, 2.75) is 26.7 Å². The minimum Gasteiger partial charge on any atom is -0.512 e. The first-order valence-electron chi connectivity index (χ1n) is 2.88. The Morgan fingerprint density at radius 1 is 1.38 bits per heavy atom. The molecule has 0 aromatic rings. The van der Waals surface area contributed by atoms with E-state index in [1.165, 1.54) is 0 Å². The minimum absolute atomic E-state index is 0.512. The molecule has 0 spiro atoms. The molecule has 2 heteroatoms. The van der Waals surface area contributed by atoms with Gasteiger partial charge < -0.3 is 5.11 Å². The van der Waals surface area contributed by atoms with E-state index < -0.39 is 0 Å². The highest BCUT2D eigenvalue weighted by molar-refractivity contribution is 7.22. The molecule has 0 amide bonds. The quantitative estimate of drug-likeness (QED) is 0.452. The highest BCUT2D eigenvalue weighted by Crippen LogP contribution is 2.15. The van der Waals surface area contributed by atoms with E-state index in [0.29, 0.717) is 5.76 Å². The Morgan fingerprint density at radius 2 is 1.88 bits per heavy atom. The van der Waals surface area contributed by atoms with Crippen molar-refractivity contribution < 1.29 is 5.11 Å². The van der Waals surface area contributed by atoms with Crippen LogP contribution in [0.1, 0.15) is 26.7 Å². The average Bonchev–Trinajstić information content (AvgIpc) is 1.84. The summed E-state index contributed by atoms with van der Waals surface area (Å²) in [6, 6.07) is 0. The fourth-order valence-corrected chi connectivity index (χ4v) is 0.635. The summed E-state index contributed by atoms with van der Waals surface area (Å²) < 4.78 is 0. The van der Waals surface area contributed by atoms with Crippen LogP contribution in [-0.2, 0) is 0 Å². The standard InChI is InChI=1S/C6H13OP/c1-3-5(7)6(8)4-2/h7H,3-4,8H2,1-2H3/b6-5-. The third kappa shape index (κ3) is 2.32. The Balaban J connectivity index is 3.83. The molecule has 1 nitrogen and oxygen atoms in total. The van der Waals surface area contributed by atoms with Crippen LogP contribution in [0.3, 0.4) is 0 Å². The van der Waals surface area contributed by atoms with E-state index >= 15 is 0 Å². The number of rotatable bonds is 2. The highest BCUT2D eigenvalue weighted by atomic mass is 31.0. The summed E-state index contributed by atoms with van der Waals surface area (Å²) in [5, 5.41) is 10.0. The summed E-state index contributed by atoms with van der Waals surface area (Å²) in [4.78, 5) is 0. The maximum Gasteiger partial charge on any atom is 0.0950 e. The van der Waals surface area contributed by atoms with E-state index in [2.05, 4.69) is 9.24 Å². The molecule has 0 saturated heterocycles. The number of hydrogen-bond acceptors (Lipinski definition) is 1. The lowest BCUT2D eigenvalue weighted by atomic mass is 10.3. The van der Waals surface area contributed by atoms with Gasteiger partial charge in [0.15, 0.2) is 0 Å². The van der Waals surface area contributed by atoms with Crippen LogP contribution in [0.25, 0.3) is 0 Å². The predicted octanol–water partition coefficient (Wildman–Crippen LogP) is 2.45. The second-order valence-corrected chi connectivity index (χ2v) is 2.38. The summed E-state index contributed by atoms with van der Waals surface area (Å²) in [5.41, 5.74) is 0. The normalized spacial score (nSPS) is 13.4. The van der Waals surface area contributed by atoms with Crippen molar-refractivity contribution in [1.29, 1.82) is 0 Å². The monoisotopic (exact) mass is 132 g/mol. The third-order valence-electron chi connectivity index (χ3n) is 1.09. The third-order valence-corrected chi connectivity index (χ3v) is 1.83. The van der Waals surface area contributed by atoms with Crippen LogP contribution < -0.4 is 0 Å². The SMILES string of the molecule is CC/C(O)=C(/P)CC.